The largest absolute Gasteiger partial charge is 0.370 e. The first-order chi connectivity index (χ1) is 13.9. The molecule has 0 aliphatic heterocycles. The van der Waals surface area contributed by atoms with Crippen LogP contribution in [0.3, 0.4) is 0 Å². The zero-order valence-corrected chi connectivity index (χ0v) is 17.5. The number of nitrogens with two attached hydrogens (primary N) is 1. The molecule has 158 valence electrons. The quantitative estimate of drug-likeness (QED) is 0.553. The second-order valence-corrected chi connectivity index (χ2v) is 10.5. The normalized spacial score (nSPS) is 14.3. The number of sulfonamides is 1. The number of hydrogen-bond donors (Lipinski definition) is 2. The second-order valence-electron chi connectivity index (χ2n) is 6.81. The minimum Gasteiger partial charge on any atom is -0.370 e. The number of sulfone groups is 1. The zero-order chi connectivity index (χ0) is 22.2. The molecule has 30 heavy (non-hydrogen) atoms. The molecule has 0 aliphatic rings. The molecule has 0 saturated heterocycles. The molecule has 1 atom stereocenters. The molecule has 0 fully saturated rings. The van der Waals surface area contributed by atoms with Crippen LogP contribution in [0.25, 0.3) is 0 Å². The monoisotopic (exact) mass is 450 g/mol. The molecule has 3 N–H and O–H groups in total. The van der Waals surface area contributed by atoms with Gasteiger partial charge in [-0.05, 0) is 54.4 Å². The highest BCUT2D eigenvalue weighted by molar-refractivity contribution is 7.92. The van der Waals surface area contributed by atoms with Crippen molar-refractivity contribution in [2.45, 2.75) is 28.1 Å². The number of aryl methyl sites for hydroxylation is 1. The molecule has 0 amide bonds. The van der Waals surface area contributed by atoms with E-state index in [1.165, 1.54) is 42.7 Å². The van der Waals surface area contributed by atoms with E-state index in [1.807, 2.05) is 0 Å². The Morgan fingerprint density at radius 1 is 1.07 bits per heavy atom. The summed E-state index contributed by atoms with van der Waals surface area (Å²) in [7, 11) is -8.51. The van der Waals surface area contributed by atoms with Crippen LogP contribution in [0, 0.1) is 12.7 Å². The molecule has 0 bridgehead atoms. The van der Waals surface area contributed by atoms with E-state index < -0.39 is 37.0 Å². The van der Waals surface area contributed by atoms with Crippen LogP contribution in [0.2, 0.25) is 0 Å². The summed E-state index contributed by atoms with van der Waals surface area (Å²) in [5, 5.41) is 16.7. The van der Waals surface area contributed by atoms with Gasteiger partial charge in [0.1, 0.15) is 5.82 Å². The fourth-order valence-corrected chi connectivity index (χ4v) is 5.60. The van der Waals surface area contributed by atoms with Crippen molar-refractivity contribution in [1.82, 2.24) is 4.98 Å². The number of pyridine rings is 1. The summed E-state index contributed by atoms with van der Waals surface area (Å²) >= 11 is 0. The van der Waals surface area contributed by atoms with Gasteiger partial charge >= 0.3 is 0 Å². The molecule has 7 nitrogen and oxygen atoms in total. The Labute approximate surface area is 174 Å². The standard InChI is InChI=1S/C20H19FN2O5S2/c1-14-4-5-15(11-19(14)30(22,27)28)12-20(24,16-3-2-10-23-13-16)29(25,26)18-8-6-17(21)7-9-18/h2-11,13,24H,12H2,1H3,(H2,22,27,28). The highest BCUT2D eigenvalue weighted by Crippen LogP contribution is 2.36. The van der Waals surface area contributed by atoms with Crippen LogP contribution in [-0.2, 0) is 31.2 Å². The van der Waals surface area contributed by atoms with Gasteiger partial charge in [0, 0.05) is 24.4 Å². The van der Waals surface area contributed by atoms with Crippen molar-refractivity contribution in [2.75, 3.05) is 0 Å². The van der Waals surface area contributed by atoms with Gasteiger partial charge in [-0.3, -0.25) is 4.98 Å². The summed E-state index contributed by atoms with van der Waals surface area (Å²) in [5.74, 6) is -0.629. The van der Waals surface area contributed by atoms with E-state index >= 15 is 0 Å². The maximum atomic E-state index is 13.4. The molecule has 0 spiro atoms. The fraction of sp³-hybridized carbons (Fsp3) is 0.150. The average Bonchev–Trinajstić information content (AvgIpc) is 2.69. The highest BCUT2D eigenvalue weighted by atomic mass is 32.2. The second kappa shape index (κ2) is 7.88. The Morgan fingerprint density at radius 3 is 2.30 bits per heavy atom. The van der Waals surface area contributed by atoms with Gasteiger partial charge in [-0.15, -0.1) is 0 Å². The Morgan fingerprint density at radius 2 is 1.73 bits per heavy atom. The molecule has 2 aromatic carbocycles. The van der Waals surface area contributed by atoms with Gasteiger partial charge in [0.2, 0.25) is 24.8 Å². The molecule has 1 aromatic heterocycles. The third kappa shape index (κ3) is 4.12. The van der Waals surface area contributed by atoms with Crippen molar-refractivity contribution < 1.29 is 26.3 Å². The van der Waals surface area contributed by atoms with Gasteiger partial charge < -0.3 is 5.11 Å². The maximum Gasteiger partial charge on any atom is 0.238 e. The lowest BCUT2D eigenvalue weighted by Crippen LogP contribution is -2.38. The van der Waals surface area contributed by atoms with Gasteiger partial charge in [0.15, 0.2) is 0 Å². The van der Waals surface area contributed by atoms with Crippen molar-refractivity contribution in [1.29, 1.82) is 0 Å². The van der Waals surface area contributed by atoms with Crippen LogP contribution in [0.15, 0.2) is 76.8 Å². The van der Waals surface area contributed by atoms with Crippen LogP contribution >= 0.6 is 0 Å². The summed E-state index contributed by atoms with van der Waals surface area (Å²) < 4.78 is 63.7. The van der Waals surface area contributed by atoms with E-state index in [1.54, 1.807) is 6.92 Å². The summed E-state index contributed by atoms with van der Waals surface area (Å²) in [6, 6.07) is 11.1. The van der Waals surface area contributed by atoms with E-state index in [0.717, 1.165) is 24.3 Å². The molecule has 3 aromatic rings. The van der Waals surface area contributed by atoms with Gasteiger partial charge in [-0.1, -0.05) is 18.2 Å². The lowest BCUT2D eigenvalue weighted by Gasteiger charge is -2.28. The van der Waals surface area contributed by atoms with E-state index in [9.17, 15) is 26.3 Å². The van der Waals surface area contributed by atoms with E-state index in [0.29, 0.717) is 5.56 Å². The minimum absolute atomic E-state index is 0.0212. The molecule has 0 saturated carbocycles. The number of halogens is 1. The van der Waals surface area contributed by atoms with E-state index in [-0.39, 0.29) is 20.9 Å². The van der Waals surface area contributed by atoms with Crippen LogP contribution in [0.5, 0.6) is 0 Å². The molecule has 0 aliphatic carbocycles. The summed E-state index contributed by atoms with van der Waals surface area (Å²) in [5.41, 5.74) is 0.585. The Kier molecular flexibility index (Phi) is 5.79. The molecular weight excluding hydrogens is 431 g/mol. The van der Waals surface area contributed by atoms with Gasteiger partial charge in [0.05, 0.1) is 9.79 Å². The minimum atomic E-state index is -4.46. The Hall–Kier alpha value is -2.66. The van der Waals surface area contributed by atoms with Gasteiger partial charge in [-0.2, -0.15) is 0 Å². The van der Waals surface area contributed by atoms with Gasteiger partial charge in [0.25, 0.3) is 0 Å². The molecular formula is C20H19FN2O5S2. The SMILES string of the molecule is Cc1ccc(CC(O)(c2cccnc2)S(=O)(=O)c2ccc(F)cc2)cc1S(N)(=O)=O. The third-order valence-corrected chi connectivity index (χ3v) is 7.90. The number of rotatable bonds is 6. The summed E-state index contributed by atoms with van der Waals surface area (Å²) in [4.78, 5) is 0.918. The first-order valence-electron chi connectivity index (χ1n) is 8.70. The van der Waals surface area contributed by atoms with Crippen molar-refractivity contribution >= 4 is 19.9 Å². The number of nitrogens with zero attached hydrogens (tertiary/aromatic N) is 1. The highest BCUT2D eigenvalue weighted by Gasteiger charge is 2.45. The fourth-order valence-electron chi connectivity index (χ4n) is 3.09. The number of hydrogen-bond acceptors (Lipinski definition) is 6. The molecule has 3 rings (SSSR count). The van der Waals surface area contributed by atoms with Crippen molar-refractivity contribution in [3.8, 4) is 0 Å². The first-order valence-corrected chi connectivity index (χ1v) is 11.7. The molecule has 0 radical (unpaired) electrons. The smallest absolute Gasteiger partial charge is 0.238 e. The molecule has 10 heteroatoms. The lowest BCUT2D eigenvalue weighted by molar-refractivity contribution is 0.124. The Bertz CT molecular complexity index is 1280. The third-order valence-electron chi connectivity index (χ3n) is 4.68. The van der Waals surface area contributed by atoms with E-state index in [2.05, 4.69) is 4.98 Å². The van der Waals surface area contributed by atoms with Crippen molar-refractivity contribution in [3.05, 3.63) is 89.5 Å². The first kappa shape index (κ1) is 22.0. The predicted octanol–water partition coefficient (Wildman–Crippen LogP) is 2.04. The maximum absolute atomic E-state index is 13.4. The van der Waals surface area contributed by atoms with Gasteiger partial charge in [-0.25, -0.2) is 26.4 Å². The predicted molar refractivity (Wildman–Crippen MR) is 108 cm³/mol. The van der Waals surface area contributed by atoms with E-state index in [4.69, 9.17) is 5.14 Å². The molecule has 1 heterocycles. The summed E-state index contributed by atoms with van der Waals surface area (Å²) in [6.07, 6.45) is 2.14. The number of aliphatic hydroxyl groups is 1. The van der Waals surface area contributed by atoms with Crippen LogP contribution in [0.1, 0.15) is 16.7 Å². The van der Waals surface area contributed by atoms with Crippen LogP contribution in [-0.4, -0.2) is 26.9 Å². The average molecular weight is 451 g/mol. The van der Waals surface area contributed by atoms with Crippen LogP contribution < -0.4 is 5.14 Å². The van der Waals surface area contributed by atoms with Crippen molar-refractivity contribution in [3.63, 3.8) is 0 Å². The zero-order valence-electron chi connectivity index (χ0n) is 15.9. The summed E-state index contributed by atoms with van der Waals surface area (Å²) in [6.45, 7) is 1.55. The molecule has 1 unspecified atom stereocenters. The topological polar surface area (TPSA) is 127 Å². The Balaban J connectivity index is 2.19. The van der Waals surface area contributed by atoms with Crippen molar-refractivity contribution in [2.24, 2.45) is 5.14 Å². The van der Waals surface area contributed by atoms with Crippen LogP contribution in [0.4, 0.5) is 4.39 Å². The number of benzene rings is 2. The number of aromatic nitrogens is 1. The number of primary sulfonamides is 1. The lowest BCUT2D eigenvalue weighted by atomic mass is 10.0.